The van der Waals surface area contributed by atoms with Crippen molar-refractivity contribution in [3.8, 4) is 0 Å². The number of guanidine groups is 1. The van der Waals surface area contributed by atoms with Crippen LogP contribution in [-0.2, 0) is 9.53 Å². The number of rotatable bonds is 4. The van der Waals surface area contributed by atoms with Crippen molar-refractivity contribution in [2.75, 3.05) is 33.8 Å². The van der Waals surface area contributed by atoms with Gasteiger partial charge in [0.05, 0.1) is 13.0 Å². The number of nitrogens with zero attached hydrogens (tertiary/aromatic N) is 2. The molecule has 0 saturated carbocycles. The van der Waals surface area contributed by atoms with Gasteiger partial charge in [-0.2, -0.15) is 0 Å². The molecule has 0 aromatic heterocycles. The molecule has 2 unspecified atom stereocenters. The highest BCUT2D eigenvalue weighted by atomic mass is 127. The van der Waals surface area contributed by atoms with Crippen molar-refractivity contribution >= 4 is 35.9 Å². The molecule has 0 aliphatic carbocycles. The van der Waals surface area contributed by atoms with Crippen LogP contribution < -0.4 is 5.32 Å². The molecule has 1 heterocycles. The highest BCUT2D eigenvalue weighted by Crippen LogP contribution is 2.32. The van der Waals surface area contributed by atoms with Crippen molar-refractivity contribution in [1.82, 2.24) is 10.2 Å². The van der Waals surface area contributed by atoms with Crippen molar-refractivity contribution in [1.29, 1.82) is 0 Å². The molecule has 2 atom stereocenters. The summed E-state index contributed by atoms with van der Waals surface area (Å²) in [5.74, 6) is 0.526. The number of nitrogens with one attached hydrogen (secondary N) is 1. The first kappa shape index (κ1) is 19.5. The van der Waals surface area contributed by atoms with Crippen LogP contribution in [0.25, 0.3) is 0 Å². The van der Waals surface area contributed by atoms with Crippen LogP contribution in [0.1, 0.15) is 33.6 Å². The molecule has 0 aromatic rings. The minimum absolute atomic E-state index is 0. The van der Waals surface area contributed by atoms with E-state index in [2.05, 4.69) is 29.1 Å². The second-order valence-electron chi connectivity index (χ2n) is 5.69. The summed E-state index contributed by atoms with van der Waals surface area (Å²) in [6, 6.07) is 0. The van der Waals surface area contributed by atoms with Gasteiger partial charge < -0.3 is 15.0 Å². The summed E-state index contributed by atoms with van der Waals surface area (Å²) in [5, 5.41) is 3.26. The van der Waals surface area contributed by atoms with Crippen molar-refractivity contribution in [2.24, 2.45) is 16.3 Å². The van der Waals surface area contributed by atoms with Gasteiger partial charge in [0.2, 0.25) is 0 Å². The lowest BCUT2D eigenvalue weighted by Gasteiger charge is -2.26. The summed E-state index contributed by atoms with van der Waals surface area (Å²) < 4.78 is 4.72. The van der Waals surface area contributed by atoms with Crippen LogP contribution in [0.3, 0.4) is 0 Å². The molecular weight excluding hydrogens is 369 g/mol. The van der Waals surface area contributed by atoms with Crippen LogP contribution in [0.2, 0.25) is 0 Å². The minimum atomic E-state index is -0.192. The minimum Gasteiger partial charge on any atom is -0.469 e. The third kappa shape index (κ3) is 5.10. The smallest absolute Gasteiger partial charge is 0.310 e. The van der Waals surface area contributed by atoms with Crippen LogP contribution in [-0.4, -0.2) is 50.6 Å². The summed E-state index contributed by atoms with van der Waals surface area (Å²) in [7, 11) is 3.20. The SMILES string of the molecule is CCC1(C)CCN(C(=NC)NCC(C)C(=O)OC)C1.I. The summed E-state index contributed by atoms with van der Waals surface area (Å²) in [4.78, 5) is 17.9. The molecule has 0 spiro atoms. The van der Waals surface area contributed by atoms with Gasteiger partial charge in [-0.1, -0.05) is 20.8 Å². The highest BCUT2D eigenvalue weighted by Gasteiger charge is 2.33. The fourth-order valence-corrected chi connectivity index (χ4v) is 2.35. The number of halogens is 1. The molecule has 20 heavy (non-hydrogen) atoms. The lowest BCUT2D eigenvalue weighted by atomic mass is 9.87. The molecule has 118 valence electrons. The van der Waals surface area contributed by atoms with E-state index in [4.69, 9.17) is 4.74 Å². The van der Waals surface area contributed by atoms with Gasteiger partial charge in [-0.3, -0.25) is 9.79 Å². The van der Waals surface area contributed by atoms with Crippen LogP contribution >= 0.6 is 24.0 Å². The zero-order valence-corrected chi connectivity index (χ0v) is 15.6. The normalized spacial score (nSPS) is 24.1. The Labute approximate surface area is 139 Å². The molecular formula is C14H28IN3O2. The predicted octanol–water partition coefficient (Wildman–Crippen LogP) is 2.11. The second kappa shape index (κ2) is 8.69. The van der Waals surface area contributed by atoms with Gasteiger partial charge in [0, 0.05) is 26.7 Å². The average Bonchev–Trinajstić information content (AvgIpc) is 2.81. The Balaban J connectivity index is 0.00000361. The quantitative estimate of drug-likeness (QED) is 0.342. The third-order valence-corrected chi connectivity index (χ3v) is 4.09. The van der Waals surface area contributed by atoms with E-state index in [1.54, 1.807) is 7.05 Å². The van der Waals surface area contributed by atoms with Gasteiger partial charge in [0.15, 0.2) is 5.96 Å². The molecule has 1 N–H and O–H groups in total. The van der Waals surface area contributed by atoms with Crippen LogP contribution in [0.15, 0.2) is 4.99 Å². The first-order chi connectivity index (χ1) is 8.95. The van der Waals surface area contributed by atoms with Gasteiger partial charge >= 0.3 is 5.97 Å². The Bertz CT molecular complexity index is 349. The van der Waals surface area contributed by atoms with Gasteiger partial charge in [0.1, 0.15) is 0 Å². The number of ether oxygens (including phenoxy) is 1. The second-order valence-corrected chi connectivity index (χ2v) is 5.69. The van der Waals surface area contributed by atoms with Crippen molar-refractivity contribution < 1.29 is 9.53 Å². The zero-order valence-electron chi connectivity index (χ0n) is 13.2. The average molecular weight is 397 g/mol. The Morgan fingerprint density at radius 1 is 1.55 bits per heavy atom. The van der Waals surface area contributed by atoms with Gasteiger partial charge in [0.25, 0.3) is 0 Å². The van der Waals surface area contributed by atoms with Gasteiger partial charge in [-0.25, -0.2) is 0 Å². The van der Waals surface area contributed by atoms with Crippen molar-refractivity contribution in [2.45, 2.75) is 33.6 Å². The molecule has 0 radical (unpaired) electrons. The third-order valence-electron chi connectivity index (χ3n) is 4.09. The first-order valence-electron chi connectivity index (χ1n) is 6.99. The molecule has 6 heteroatoms. The maximum Gasteiger partial charge on any atom is 0.310 e. The Hall–Kier alpha value is -0.530. The molecule has 0 amide bonds. The van der Waals surface area contributed by atoms with Crippen molar-refractivity contribution in [3.05, 3.63) is 0 Å². The van der Waals surface area contributed by atoms with E-state index in [9.17, 15) is 4.79 Å². The number of hydrogen-bond acceptors (Lipinski definition) is 3. The molecule has 0 aromatic carbocycles. The lowest BCUT2D eigenvalue weighted by molar-refractivity contribution is -0.144. The van der Waals surface area contributed by atoms with Crippen LogP contribution in [0.4, 0.5) is 0 Å². The summed E-state index contributed by atoms with van der Waals surface area (Å²) in [6.45, 7) is 9.01. The molecule has 1 rings (SSSR count). The van der Waals surface area contributed by atoms with E-state index < -0.39 is 0 Å². The number of esters is 1. The summed E-state index contributed by atoms with van der Waals surface area (Å²) >= 11 is 0. The molecule has 1 fully saturated rings. The van der Waals surface area contributed by atoms with E-state index in [1.807, 2.05) is 6.92 Å². The van der Waals surface area contributed by atoms with Crippen molar-refractivity contribution in [3.63, 3.8) is 0 Å². The number of carbonyl (C=O) groups is 1. The lowest BCUT2D eigenvalue weighted by Crippen LogP contribution is -2.43. The topological polar surface area (TPSA) is 53.9 Å². The van der Waals surface area contributed by atoms with E-state index in [1.165, 1.54) is 20.0 Å². The fourth-order valence-electron chi connectivity index (χ4n) is 2.35. The molecule has 0 bridgehead atoms. The zero-order chi connectivity index (χ0) is 14.5. The Morgan fingerprint density at radius 2 is 2.20 bits per heavy atom. The van der Waals surface area contributed by atoms with Gasteiger partial charge in [-0.15, -0.1) is 24.0 Å². The first-order valence-corrected chi connectivity index (χ1v) is 6.99. The number of hydrogen-bond donors (Lipinski definition) is 1. The predicted molar refractivity (Wildman–Crippen MR) is 92.5 cm³/mol. The summed E-state index contributed by atoms with van der Waals surface area (Å²) in [6.07, 6.45) is 2.37. The Kier molecular flexibility index (Phi) is 8.46. The monoisotopic (exact) mass is 397 g/mol. The number of methoxy groups -OCH3 is 1. The van der Waals surface area contributed by atoms with Crippen LogP contribution in [0, 0.1) is 11.3 Å². The number of carbonyl (C=O) groups excluding carboxylic acids is 1. The van der Waals surface area contributed by atoms with E-state index in [-0.39, 0.29) is 35.9 Å². The molecule has 5 nitrogen and oxygen atoms in total. The highest BCUT2D eigenvalue weighted by molar-refractivity contribution is 14.0. The number of aliphatic imine (C=N–C) groups is 1. The van der Waals surface area contributed by atoms with E-state index in [0.29, 0.717) is 12.0 Å². The fraction of sp³-hybridized carbons (Fsp3) is 0.857. The summed E-state index contributed by atoms with van der Waals surface area (Å²) in [5.41, 5.74) is 0.381. The molecule has 1 saturated heterocycles. The van der Waals surface area contributed by atoms with Gasteiger partial charge in [-0.05, 0) is 18.3 Å². The Morgan fingerprint density at radius 3 is 2.65 bits per heavy atom. The molecule has 1 aliphatic rings. The maximum absolute atomic E-state index is 11.4. The largest absolute Gasteiger partial charge is 0.469 e. The van der Waals surface area contributed by atoms with Crippen LogP contribution in [0.5, 0.6) is 0 Å². The maximum atomic E-state index is 11.4. The van der Waals surface area contributed by atoms with E-state index >= 15 is 0 Å². The molecule has 1 aliphatic heterocycles. The van der Waals surface area contributed by atoms with E-state index in [0.717, 1.165) is 19.0 Å². The standard InChI is InChI=1S/C14H27N3O2.HI/c1-6-14(3)7-8-17(10-14)13(15-4)16-9-11(2)12(18)19-5;/h11H,6-10H2,1-5H3,(H,15,16);1H. The number of likely N-dealkylation sites (tertiary alicyclic amines) is 1.